The molecular weight excluding hydrogens is 92.1 g/mol. The Morgan fingerprint density at radius 3 is 2.86 bits per heavy atom. The Kier molecular flexibility index (Phi) is 5.11. The molecule has 0 saturated heterocycles. The zero-order valence-electron chi connectivity index (χ0n) is 4.09. The van der Waals surface area contributed by atoms with E-state index in [4.69, 9.17) is 0 Å². The molecule has 0 saturated carbocycles. The summed E-state index contributed by atoms with van der Waals surface area (Å²) < 4.78 is 4.58. The van der Waals surface area contributed by atoms with Crippen LogP contribution in [0.1, 0.15) is 0 Å². The molecule has 0 spiro atoms. The van der Waals surface area contributed by atoms with Gasteiger partial charge in [-0.25, -0.2) is 5.11 Å². The van der Waals surface area contributed by atoms with Gasteiger partial charge in [-0.05, 0) is 13.0 Å². The molecule has 0 bridgehead atoms. The minimum absolute atomic E-state index is 0.222. The average Bonchev–Trinajstić information content (AvgIpc) is 1.69. The van der Waals surface area contributed by atoms with Crippen LogP contribution >= 0.6 is 0 Å². The van der Waals surface area contributed by atoms with Crippen LogP contribution in [0.5, 0.6) is 0 Å². The molecule has 0 rings (SSSR count). The van der Waals surface area contributed by atoms with Crippen molar-refractivity contribution in [3.05, 3.63) is 19.3 Å². The maximum absolute atomic E-state index is 9.62. The standard InChI is InChI=1S/C5H8O2/c1-2-7-5-3-4-6/h3,5H,1-2,4H2. The first-order chi connectivity index (χ1) is 3.41. The van der Waals surface area contributed by atoms with E-state index in [1.807, 2.05) is 0 Å². The second-order valence-electron chi connectivity index (χ2n) is 0.909. The summed E-state index contributed by atoms with van der Waals surface area (Å²) in [5.74, 6) is 0. The van der Waals surface area contributed by atoms with Crippen LogP contribution in [0.4, 0.5) is 0 Å². The largest absolute Gasteiger partial charge is 0.501 e. The summed E-state index contributed by atoms with van der Waals surface area (Å²) in [6.45, 7) is 3.55. The molecule has 0 N–H and O–H groups in total. The van der Waals surface area contributed by atoms with E-state index in [2.05, 4.69) is 11.7 Å². The molecule has 0 amide bonds. The molecule has 0 atom stereocenters. The van der Waals surface area contributed by atoms with Gasteiger partial charge in [0.25, 0.3) is 0 Å². The topological polar surface area (TPSA) is 29.1 Å². The lowest BCUT2D eigenvalue weighted by Gasteiger charge is -1.87. The van der Waals surface area contributed by atoms with Crippen molar-refractivity contribution in [2.24, 2.45) is 0 Å². The van der Waals surface area contributed by atoms with Crippen molar-refractivity contribution in [3.8, 4) is 0 Å². The fourth-order valence-corrected chi connectivity index (χ4v) is 0.175. The number of hydrogen-bond donors (Lipinski definition) is 0. The van der Waals surface area contributed by atoms with Crippen LogP contribution in [0.15, 0.2) is 12.3 Å². The van der Waals surface area contributed by atoms with E-state index in [-0.39, 0.29) is 6.61 Å². The highest BCUT2D eigenvalue weighted by Gasteiger charge is 1.67. The molecule has 0 aliphatic carbocycles. The van der Waals surface area contributed by atoms with Gasteiger partial charge in [-0.15, -0.1) is 0 Å². The Morgan fingerprint density at radius 1 is 1.71 bits per heavy atom. The van der Waals surface area contributed by atoms with Gasteiger partial charge in [0.1, 0.15) is 6.61 Å². The molecule has 0 aliphatic heterocycles. The van der Waals surface area contributed by atoms with Crippen molar-refractivity contribution in [1.29, 1.82) is 0 Å². The highest BCUT2D eigenvalue weighted by atomic mass is 16.5. The first-order valence-corrected chi connectivity index (χ1v) is 2.05. The summed E-state index contributed by atoms with van der Waals surface area (Å²) in [5.41, 5.74) is 0. The molecule has 0 unspecified atom stereocenters. The predicted molar refractivity (Wildman–Crippen MR) is 26.0 cm³/mol. The fourth-order valence-electron chi connectivity index (χ4n) is 0.175. The summed E-state index contributed by atoms with van der Waals surface area (Å²) in [4.78, 5) is 0. The molecule has 0 aromatic rings. The van der Waals surface area contributed by atoms with Crippen LogP contribution in [0.3, 0.4) is 0 Å². The van der Waals surface area contributed by atoms with Crippen LogP contribution in [-0.4, -0.2) is 13.2 Å². The van der Waals surface area contributed by atoms with Crippen LogP contribution < -0.4 is 0 Å². The predicted octanol–water partition coefficient (Wildman–Crippen LogP) is 0.781. The molecule has 2 nitrogen and oxygen atoms in total. The van der Waals surface area contributed by atoms with Gasteiger partial charge in [0.05, 0.1) is 12.9 Å². The van der Waals surface area contributed by atoms with Gasteiger partial charge >= 0.3 is 0 Å². The lowest BCUT2D eigenvalue weighted by Crippen LogP contribution is -1.77. The third-order valence-electron chi connectivity index (χ3n) is 0.407. The molecular formula is C5H8O2. The van der Waals surface area contributed by atoms with E-state index in [1.165, 1.54) is 12.3 Å². The van der Waals surface area contributed by atoms with Crippen molar-refractivity contribution in [3.63, 3.8) is 0 Å². The van der Waals surface area contributed by atoms with Crippen LogP contribution in [0.2, 0.25) is 0 Å². The maximum atomic E-state index is 9.62. The van der Waals surface area contributed by atoms with Crippen LogP contribution in [0.25, 0.3) is 0 Å². The Morgan fingerprint density at radius 2 is 2.43 bits per heavy atom. The van der Waals surface area contributed by atoms with E-state index >= 15 is 0 Å². The van der Waals surface area contributed by atoms with Crippen LogP contribution in [0, 0.1) is 6.92 Å². The SMILES string of the molecule is [CH2]COC=CC[O]. The van der Waals surface area contributed by atoms with Crippen LogP contribution in [-0.2, 0) is 9.84 Å². The van der Waals surface area contributed by atoms with Gasteiger partial charge in [0.2, 0.25) is 0 Å². The van der Waals surface area contributed by atoms with Crippen molar-refractivity contribution in [2.75, 3.05) is 13.2 Å². The first kappa shape index (κ1) is 6.50. The molecule has 0 aromatic heterocycles. The summed E-state index contributed by atoms with van der Waals surface area (Å²) in [6, 6.07) is 0. The van der Waals surface area contributed by atoms with E-state index in [1.54, 1.807) is 0 Å². The third-order valence-corrected chi connectivity index (χ3v) is 0.407. The zero-order chi connectivity index (χ0) is 5.54. The minimum Gasteiger partial charge on any atom is -0.501 e. The van der Waals surface area contributed by atoms with E-state index in [9.17, 15) is 5.11 Å². The number of ether oxygens (including phenoxy) is 1. The van der Waals surface area contributed by atoms with Crippen molar-refractivity contribution >= 4 is 0 Å². The zero-order valence-corrected chi connectivity index (χ0v) is 4.09. The van der Waals surface area contributed by atoms with Gasteiger partial charge in [-0.2, -0.15) is 0 Å². The molecule has 7 heavy (non-hydrogen) atoms. The monoisotopic (exact) mass is 100 g/mol. The van der Waals surface area contributed by atoms with Crippen molar-refractivity contribution < 1.29 is 9.84 Å². The highest BCUT2D eigenvalue weighted by molar-refractivity contribution is 4.70. The second-order valence-corrected chi connectivity index (χ2v) is 0.909. The summed E-state index contributed by atoms with van der Waals surface area (Å²) in [5, 5.41) is 9.62. The second kappa shape index (κ2) is 5.50. The van der Waals surface area contributed by atoms with Gasteiger partial charge in [-0.3, -0.25) is 0 Å². The molecule has 0 aromatic carbocycles. The number of rotatable bonds is 3. The van der Waals surface area contributed by atoms with E-state index in [0.29, 0.717) is 6.61 Å². The average molecular weight is 100 g/mol. The Hall–Kier alpha value is -0.500. The Bertz CT molecular complexity index is 50.0. The summed E-state index contributed by atoms with van der Waals surface area (Å²) in [7, 11) is 0. The smallest absolute Gasteiger partial charge is 0.104 e. The van der Waals surface area contributed by atoms with Crippen molar-refractivity contribution in [1.82, 2.24) is 0 Å². The van der Waals surface area contributed by atoms with Gasteiger partial charge in [0.15, 0.2) is 0 Å². The minimum atomic E-state index is -0.222. The number of hydrogen-bond acceptors (Lipinski definition) is 1. The normalized spacial score (nSPS) is 10.0. The molecule has 2 radical (unpaired) electrons. The molecule has 0 fully saturated rings. The molecule has 2 heteroatoms. The summed E-state index contributed by atoms with van der Waals surface area (Å²) in [6.07, 6.45) is 2.76. The van der Waals surface area contributed by atoms with E-state index in [0.717, 1.165) is 0 Å². The third kappa shape index (κ3) is 5.50. The van der Waals surface area contributed by atoms with Gasteiger partial charge in [0, 0.05) is 0 Å². The highest BCUT2D eigenvalue weighted by Crippen LogP contribution is 1.72. The Labute approximate surface area is 43.4 Å². The van der Waals surface area contributed by atoms with E-state index < -0.39 is 0 Å². The first-order valence-electron chi connectivity index (χ1n) is 2.05. The quantitative estimate of drug-likeness (QED) is 0.482. The molecule has 40 valence electrons. The molecule has 0 aliphatic rings. The van der Waals surface area contributed by atoms with Gasteiger partial charge in [-0.1, -0.05) is 0 Å². The molecule has 0 heterocycles. The maximum Gasteiger partial charge on any atom is 0.104 e. The lowest BCUT2D eigenvalue weighted by atomic mass is 10.7. The fraction of sp³-hybridized carbons (Fsp3) is 0.400. The van der Waals surface area contributed by atoms with Crippen molar-refractivity contribution in [2.45, 2.75) is 0 Å². The van der Waals surface area contributed by atoms with Gasteiger partial charge < -0.3 is 4.74 Å². The lowest BCUT2D eigenvalue weighted by molar-refractivity contribution is 0.224. The Balaban J connectivity index is 2.78. The summed E-state index contributed by atoms with van der Waals surface area (Å²) >= 11 is 0.